The van der Waals surface area contributed by atoms with Crippen LogP contribution in [0.15, 0.2) is 109 Å². The van der Waals surface area contributed by atoms with Crippen LogP contribution in [0.2, 0.25) is 0 Å². The Morgan fingerprint density at radius 2 is 0.577 bits per heavy atom. The minimum absolute atomic E-state index is 1.17. The Bertz CT molecular complexity index is 1060. The van der Waals surface area contributed by atoms with E-state index in [4.69, 9.17) is 0 Å². The molecule has 0 aliphatic rings. The van der Waals surface area contributed by atoms with E-state index in [0.717, 1.165) is 0 Å². The minimum atomic E-state index is 1.17. The summed E-state index contributed by atoms with van der Waals surface area (Å²) < 4.78 is 4.67. The van der Waals surface area contributed by atoms with E-state index in [2.05, 4.69) is 118 Å². The third kappa shape index (κ3) is 2.27. The van der Waals surface area contributed by atoms with Gasteiger partial charge in [-0.25, -0.2) is 0 Å². The van der Waals surface area contributed by atoms with Crippen molar-refractivity contribution in [3.8, 4) is 11.4 Å². The average molecular weight is 334 g/mol. The van der Waals surface area contributed by atoms with Crippen molar-refractivity contribution >= 4 is 22.1 Å². The van der Waals surface area contributed by atoms with Crippen LogP contribution < -0.4 is 9.13 Å². The molecule has 26 heavy (non-hydrogen) atoms. The lowest BCUT2D eigenvalue weighted by Gasteiger charge is -2.06. The zero-order valence-electron chi connectivity index (χ0n) is 14.3. The normalized spacial score (nSPS) is 11.1. The smallest absolute Gasteiger partial charge is 0.142 e. The molecule has 4 aromatic carbocycles. The van der Waals surface area contributed by atoms with E-state index >= 15 is 0 Å². The number of fused-ring (bicyclic) bond motifs is 2. The molecule has 0 atom stereocenters. The molecule has 0 bridgehead atoms. The number of para-hydroxylation sites is 6. The SMILES string of the molecule is c1ccc(-[n+]2c3ccccc3[n+](-c3ccccc3)c3ccccc32)cc1. The lowest BCUT2D eigenvalue weighted by Crippen LogP contribution is -2.42. The fourth-order valence-electron chi connectivity index (χ4n) is 3.65. The fourth-order valence-corrected chi connectivity index (χ4v) is 3.65. The van der Waals surface area contributed by atoms with Crippen LogP contribution >= 0.6 is 0 Å². The number of aromatic nitrogens is 2. The van der Waals surface area contributed by atoms with Crippen LogP contribution in [-0.4, -0.2) is 0 Å². The molecule has 0 N–H and O–H groups in total. The molecular formula is C24H18N2+2. The van der Waals surface area contributed by atoms with Gasteiger partial charge in [0.15, 0.2) is 0 Å². The van der Waals surface area contributed by atoms with Crippen LogP contribution in [0.5, 0.6) is 0 Å². The average Bonchev–Trinajstić information content (AvgIpc) is 2.73. The fraction of sp³-hybridized carbons (Fsp3) is 0. The molecule has 2 nitrogen and oxygen atoms in total. The van der Waals surface area contributed by atoms with Gasteiger partial charge in [-0.3, -0.25) is 0 Å². The summed E-state index contributed by atoms with van der Waals surface area (Å²) in [5.74, 6) is 0. The topological polar surface area (TPSA) is 7.76 Å². The summed E-state index contributed by atoms with van der Waals surface area (Å²) >= 11 is 0. The summed E-state index contributed by atoms with van der Waals surface area (Å²) in [7, 11) is 0. The van der Waals surface area contributed by atoms with Crippen molar-refractivity contribution in [3.63, 3.8) is 0 Å². The number of rotatable bonds is 2. The van der Waals surface area contributed by atoms with E-state index in [1.54, 1.807) is 0 Å². The highest BCUT2D eigenvalue weighted by atomic mass is 15.1. The molecule has 1 heterocycles. The zero-order valence-corrected chi connectivity index (χ0v) is 14.3. The number of hydrogen-bond donors (Lipinski definition) is 0. The molecule has 0 amide bonds. The molecule has 0 unspecified atom stereocenters. The summed E-state index contributed by atoms with van der Waals surface area (Å²) in [6.45, 7) is 0. The van der Waals surface area contributed by atoms with Gasteiger partial charge < -0.3 is 0 Å². The Kier molecular flexibility index (Phi) is 3.46. The number of benzene rings is 4. The van der Waals surface area contributed by atoms with Crippen LogP contribution in [0.4, 0.5) is 0 Å². The van der Waals surface area contributed by atoms with Gasteiger partial charge >= 0.3 is 0 Å². The summed E-state index contributed by atoms with van der Waals surface area (Å²) in [5.41, 5.74) is 7.06. The molecule has 5 aromatic rings. The van der Waals surface area contributed by atoms with Crippen LogP contribution in [0.3, 0.4) is 0 Å². The Hall–Kier alpha value is -3.52. The van der Waals surface area contributed by atoms with Crippen molar-refractivity contribution in [1.82, 2.24) is 0 Å². The molecule has 5 rings (SSSR count). The third-order valence-corrected chi connectivity index (χ3v) is 4.76. The standard InChI is InChI=1S/C24H18N2/c1-3-11-19(12-4-1)25-21-15-7-9-17-23(21)26(20-13-5-2-6-14-20)24-18-10-8-16-22(24)25/h1-18H/q+2. The third-order valence-electron chi connectivity index (χ3n) is 4.76. The second kappa shape index (κ2) is 6.08. The van der Waals surface area contributed by atoms with E-state index in [-0.39, 0.29) is 0 Å². The van der Waals surface area contributed by atoms with E-state index < -0.39 is 0 Å². The number of nitrogens with zero attached hydrogens (tertiary/aromatic N) is 2. The molecule has 0 fully saturated rings. The summed E-state index contributed by atoms with van der Waals surface area (Å²) in [6, 6.07) is 38.3. The van der Waals surface area contributed by atoms with E-state index in [0.29, 0.717) is 0 Å². The Morgan fingerprint density at radius 3 is 0.885 bits per heavy atom. The minimum Gasteiger partial charge on any atom is -0.142 e. The largest absolute Gasteiger partial charge is 0.284 e. The maximum Gasteiger partial charge on any atom is 0.284 e. The molecule has 0 radical (unpaired) electrons. The van der Waals surface area contributed by atoms with Gasteiger partial charge in [0.2, 0.25) is 11.4 Å². The monoisotopic (exact) mass is 334 g/mol. The Labute approximate surface area is 152 Å². The molecule has 0 spiro atoms. The summed E-state index contributed by atoms with van der Waals surface area (Å²) in [4.78, 5) is 0. The molecule has 2 heteroatoms. The lowest BCUT2D eigenvalue weighted by atomic mass is 10.1. The van der Waals surface area contributed by atoms with Gasteiger partial charge in [-0.05, 0) is 0 Å². The van der Waals surface area contributed by atoms with Gasteiger partial charge in [-0.1, -0.05) is 60.7 Å². The predicted molar refractivity (Wildman–Crippen MR) is 105 cm³/mol. The lowest BCUT2D eigenvalue weighted by molar-refractivity contribution is -0.581. The Morgan fingerprint density at radius 1 is 0.308 bits per heavy atom. The van der Waals surface area contributed by atoms with Crippen molar-refractivity contribution in [2.24, 2.45) is 0 Å². The first-order valence-corrected chi connectivity index (χ1v) is 8.82. The van der Waals surface area contributed by atoms with Crippen LogP contribution in [0.1, 0.15) is 0 Å². The molecule has 122 valence electrons. The van der Waals surface area contributed by atoms with Gasteiger partial charge in [0.05, 0.1) is 0 Å². The van der Waals surface area contributed by atoms with E-state index in [1.165, 1.54) is 33.4 Å². The maximum atomic E-state index is 2.34. The first-order valence-electron chi connectivity index (χ1n) is 8.82. The number of hydrogen-bond acceptors (Lipinski definition) is 0. The van der Waals surface area contributed by atoms with Crippen molar-refractivity contribution in [2.45, 2.75) is 0 Å². The van der Waals surface area contributed by atoms with Gasteiger partial charge in [0.1, 0.15) is 0 Å². The van der Waals surface area contributed by atoms with E-state index in [1.807, 2.05) is 0 Å². The second-order valence-electron chi connectivity index (χ2n) is 6.32. The van der Waals surface area contributed by atoms with Gasteiger partial charge in [-0.15, -0.1) is 9.13 Å². The van der Waals surface area contributed by atoms with Gasteiger partial charge in [0, 0.05) is 48.5 Å². The Balaban J connectivity index is 2.02. The predicted octanol–water partition coefficient (Wildman–Crippen LogP) is 4.55. The van der Waals surface area contributed by atoms with Crippen molar-refractivity contribution in [2.75, 3.05) is 0 Å². The molecule has 1 aromatic heterocycles. The highest BCUT2D eigenvalue weighted by Gasteiger charge is 2.28. The summed E-state index contributed by atoms with van der Waals surface area (Å²) in [6.07, 6.45) is 0. The maximum absolute atomic E-state index is 2.34. The van der Waals surface area contributed by atoms with Gasteiger partial charge in [-0.2, -0.15) is 0 Å². The van der Waals surface area contributed by atoms with Crippen LogP contribution in [-0.2, 0) is 0 Å². The highest BCUT2D eigenvalue weighted by Crippen LogP contribution is 2.18. The zero-order chi connectivity index (χ0) is 17.3. The quantitative estimate of drug-likeness (QED) is 0.331. The molecule has 0 aliphatic heterocycles. The second-order valence-corrected chi connectivity index (χ2v) is 6.32. The highest BCUT2D eigenvalue weighted by molar-refractivity contribution is 5.78. The molecule has 0 saturated heterocycles. The van der Waals surface area contributed by atoms with Gasteiger partial charge in [0.25, 0.3) is 22.1 Å². The van der Waals surface area contributed by atoms with Crippen molar-refractivity contribution < 1.29 is 9.13 Å². The molecule has 0 saturated carbocycles. The van der Waals surface area contributed by atoms with Crippen LogP contribution in [0.25, 0.3) is 33.4 Å². The van der Waals surface area contributed by atoms with Crippen molar-refractivity contribution in [1.29, 1.82) is 0 Å². The molecular weight excluding hydrogens is 316 g/mol. The first kappa shape index (κ1) is 14.8. The van der Waals surface area contributed by atoms with Crippen LogP contribution in [0, 0.1) is 0 Å². The first-order chi connectivity index (χ1) is 12.9. The molecule has 0 aliphatic carbocycles. The summed E-state index contributed by atoms with van der Waals surface area (Å²) in [5, 5.41) is 0. The van der Waals surface area contributed by atoms with Crippen molar-refractivity contribution in [3.05, 3.63) is 109 Å². The van der Waals surface area contributed by atoms with E-state index in [9.17, 15) is 0 Å².